The molecule has 1 N–H and O–H groups in total. The average Bonchev–Trinajstić information content (AvgIpc) is 3.11. The van der Waals surface area contributed by atoms with Gasteiger partial charge in [0.1, 0.15) is 0 Å². The van der Waals surface area contributed by atoms with Crippen molar-refractivity contribution in [2.45, 2.75) is 35.8 Å². The summed E-state index contributed by atoms with van der Waals surface area (Å²) in [4.78, 5) is 12.5. The van der Waals surface area contributed by atoms with Crippen LogP contribution >= 0.6 is 11.8 Å². The van der Waals surface area contributed by atoms with Crippen molar-refractivity contribution in [2.24, 2.45) is 0 Å². The van der Waals surface area contributed by atoms with Crippen LogP contribution in [0.2, 0.25) is 0 Å². The van der Waals surface area contributed by atoms with Crippen LogP contribution in [-0.4, -0.2) is 47.7 Å². The molecule has 0 bridgehead atoms. The van der Waals surface area contributed by atoms with Crippen molar-refractivity contribution < 1.29 is 17.6 Å². The Morgan fingerprint density at radius 1 is 0.969 bits per heavy atom. The van der Waals surface area contributed by atoms with Gasteiger partial charge in [0, 0.05) is 24.3 Å². The number of nitrogens with zero attached hydrogens (tertiary/aromatic N) is 3. The number of hydrogen-bond donors (Lipinski definition) is 1. The molecule has 3 aromatic rings. The summed E-state index contributed by atoms with van der Waals surface area (Å²) in [7, 11) is -3.51. The first-order chi connectivity index (χ1) is 15.5. The van der Waals surface area contributed by atoms with Crippen LogP contribution in [0.4, 0.5) is 5.69 Å². The number of nitrogens with one attached hydrogen (secondary N) is 1. The van der Waals surface area contributed by atoms with Gasteiger partial charge < -0.3 is 9.73 Å². The number of carbonyl (C=O) groups is 1. The van der Waals surface area contributed by atoms with E-state index in [1.165, 1.54) is 12.1 Å². The van der Waals surface area contributed by atoms with Gasteiger partial charge in [-0.15, -0.1) is 10.2 Å². The Bertz CT molecular complexity index is 1140. The van der Waals surface area contributed by atoms with Crippen molar-refractivity contribution in [3.05, 3.63) is 54.6 Å². The van der Waals surface area contributed by atoms with E-state index >= 15 is 0 Å². The molecule has 0 unspecified atom stereocenters. The first-order valence-corrected chi connectivity index (χ1v) is 12.9. The molecule has 0 spiro atoms. The third-order valence-electron chi connectivity index (χ3n) is 5.09. The van der Waals surface area contributed by atoms with E-state index in [0.717, 1.165) is 43.0 Å². The molecule has 0 radical (unpaired) electrons. The molecule has 8 nitrogen and oxygen atoms in total. The maximum absolute atomic E-state index is 12.8. The summed E-state index contributed by atoms with van der Waals surface area (Å²) in [5.41, 5.74) is 1.34. The SMILES string of the molecule is O=C(CSc1nnc(-c2ccccc2)o1)Nc1ccc(S(=O)(=O)N2CCCCCC2)cc1. The molecular formula is C22H24N4O4S2. The predicted octanol–water partition coefficient (Wildman–Crippen LogP) is 4.03. The fourth-order valence-electron chi connectivity index (χ4n) is 3.43. The molecule has 2 heterocycles. The van der Waals surface area contributed by atoms with E-state index in [1.807, 2.05) is 30.3 Å². The highest BCUT2D eigenvalue weighted by atomic mass is 32.2. The number of benzene rings is 2. The van der Waals surface area contributed by atoms with E-state index in [-0.39, 0.29) is 16.6 Å². The Kier molecular flexibility index (Phi) is 7.23. The minimum Gasteiger partial charge on any atom is -0.411 e. The van der Waals surface area contributed by atoms with Crippen LogP contribution in [-0.2, 0) is 14.8 Å². The molecule has 4 rings (SSSR count). The second-order valence-corrected chi connectivity index (χ2v) is 10.3. The molecule has 168 valence electrons. The van der Waals surface area contributed by atoms with Crippen molar-refractivity contribution in [3.8, 4) is 11.5 Å². The molecule has 1 saturated heterocycles. The van der Waals surface area contributed by atoms with E-state index in [9.17, 15) is 13.2 Å². The van der Waals surface area contributed by atoms with Gasteiger partial charge in [-0.25, -0.2) is 8.42 Å². The summed E-state index contributed by atoms with van der Waals surface area (Å²) < 4.78 is 32.8. The standard InChI is InChI=1S/C22H24N4O4S2/c27-20(16-31-22-25-24-21(30-22)17-8-4-3-5-9-17)23-18-10-12-19(13-11-18)32(28,29)26-14-6-1-2-7-15-26/h3-5,8-13H,1-2,6-7,14-16H2,(H,23,27). The first kappa shape index (κ1) is 22.5. The lowest BCUT2D eigenvalue weighted by Crippen LogP contribution is -2.31. The van der Waals surface area contributed by atoms with Crippen LogP contribution in [0.3, 0.4) is 0 Å². The monoisotopic (exact) mass is 472 g/mol. The molecule has 1 aromatic heterocycles. The predicted molar refractivity (Wildman–Crippen MR) is 123 cm³/mol. The molecule has 1 aliphatic rings. The summed E-state index contributed by atoms with van der Waals surface area (Å²) in [6.07, 6.45) is 3.90. The molecular weight excluding hydrogens is 448 g/mol. The van der Waals surface area contributed by atoms with Gasteiger partial charge in [0.2, 0.25) is 21.8 Å². The lowest BCUT2D eigenvalue weighted by molar-refractivity contribution is -0.113. The number of amides is 1. The minimum absolute atomic E-state index is 0.0876. The second-order valence-electron chi connectivity index (χ2n) is 7.42. The van der Waals surface area contributed by atoms with Crippen molar-refractivity contribution in [1.82, 2.24) is 14.5 Å². The van der Waals surface area contributed by atoms with Crippen molar-refractivity contribution in [1.29, 1.82) is 0 Å². The van der Waals surface area contributed by atoms with E-state index in [1.54, 1.807) is 16.4 Å². The van der Waals surface area contributed by atoms with Crippen molar-refractivity contribution in [3.63, 3.8) is 0 Å². The van der Waals surface area contributed by atoms with Crippen molar-refractivity contribution >= 4 is 33.4 Å². The number of thioether (sulfide) groups is 1. The zero-order valence-electron chi connectivity index (χ0n) is 17.4. The van der Waals surface area contributed by atoms with Gasteiger partial charge in [-0.2, -0.15) is 4.31 Å². The Morgan fingerprint density at radius 3 is 2.34 bits per heavy atom. The van der Waals surface area contributed by atoms with Crippen LogP contribution in [0.25, 0.3) is 11.5 Å². The Hall–Kier alpha value is -2.69. The quantitative estimate of drug-likeness (QED) is 0.518. The first-order valence-electron chi connectivity index (χ1n) is 10.4. The van der Waals surface area contributed by atoms with Gasteiger partial charge in [0.15, 0.2) is 0 Å². The largest absolute Gasteiger partial charge is 0.411 e. The van der Waals surface area contributed by atoms with Crippen LogP contribution < -0.4 is 5.32 Å². The highest BCUT2D eigenvalue weighted by molar-refractivity contribution is 7.99. The molecule has 32 heavy (non-hydrogen) atoms. The van der Waals surface area contributed by atoms with E-state index in [2.05, 4.69) is 15.5 Å². The smallest absolute Gasteiger partial charge is 0.277 e. The number of carbonyl (C=O) groups excluding carboxylic acids is 1. The molecule has 0 saturated carbocycles. The Balaban J connectivity index is 1.32. The van der Waals surface area contributed by atoms with Crippen LogP contribution in [0.1, 0.15) is 25.7 Å². The molecule has 2 aromatic carbocycles. The fourth-order valence-corrected chi connectivity index (χ4v) is 5.51. The topological polar surface area (TPSA) is 105 Å². The average molecular weight is 473 g/mol. The zero-order chi connectivity index (χ0) is 22.4. The minimum atomic E-state index is -3.51. The molecule has 1 amide bonds. The molecule has 1 aliphatic heterocycles. The summed E-state index contributed by atoms with van der Waals surface area (Å²) in [5, 5.41) is 11.0. The number of sulfonamides is 1. The van der Waals surface area contributed by atoms with Gasteiger partial charge in [0.05, 0.1) is 10.6 Å². The van der Waals surface area contributed by atoms with Gasteiger partial charge in [-0.1, -0.05) is 42.8 Å². The number of aromatic nitrogens is 2. The second kappa shape index (κ2) is 10.3. The summed E-state index contributed by atoms with van der Waals surface area (Å²) >= 11 is 1.14. The number of rotatable bonds is 7. The summed E-state index contributed by atoms with van der Waals surface area (Å²) in [6, 6.07) is 15.7. The fraction of sp³-hybridized carbons (Fsp3) is 0.318. The summed E-state index contributed by atoms with van der Waals surface area (Å²) in [5.74, 6) is 0.233. The molecule has 1 fully saturated rings. The van der Waals surface area contributed by atoms with Gasteiger partial charge in [-0.3, -0.25) is 4.79 Å². The number of anilines is 1. The van der Waals surface area contributed by atoms with E-state index < -0.39 is 10.0 Å². The molecule has 0 aliphatic carbocycles. The van der Waals surface area contributed by atoms with E-state index in [0.29, 0.717) is 29.9 Å². The molecule has 10 heteroatoms. The highest BCUT2D eigenvalue weighted by Crippen LogP contribution is 2.24. The maximum atomic E-state index is 12.8. The highest BCUT2D eigenvalue weighted by Gasteiger charge is 2.25. The molecule has 0 atom stereocenters. The van der Waals surface area contributed by atoms with Gasteiger partial charge >= 0.3 is 0 Å². The lowest BCUT2D eigenvalue weighted by atomic mass is 10.2. The van der Waals surface area contributed by atoms with Gasteiger partial charge in [0.25, 0.3) is 5.22 Å². The summed E-state index contributed by atoms with van der Waals surface area (Å²) in [6.45, 7) is 1.11. The van der Waals surface area contributed by atoms with Gasteiger partial charge in [-0.05, 0) is 49.2 Å². The van der Waals surface area contributed by atoms with Crippen LogP contribution in [0.15, 0.2) is 69.1 Å². The zero-order valence-corrected chi connectivity index (χ0v) is 19.1. The Morgan fingerprint density at radius 2 is 1.66 bits per heavy atom. The normalized spacial score (nSPS) is 15.2. The Labute approximate surface area is 191 Å². The third-order valence-corrected chi connectivity index (χ3v) is 7.83. The van der Waals surface area contributed by atoms with Crippen molar-refractivity contribution in [2.75, 3.05) is 24.2 Å². The van der Waals surface area contributed by atoms with E-state index in [4.69, 9.17) is 4.42 Å². The van der Waals surface area contributed by atoms with Crippen LogP contribution in [0.5, 0.6) is 0 Å². The van der Waals surface area contributed by atoms with Crippen LogP contribution in [0, 0.1) is 0 Å². The maximum Gasteiger partial charge on any atom is 0.277 e. The lowest BCUT2D eigenvalue weighted by Gasteiger charge is -2.20. The number of hydrogen-bond acceptors (Lipinski definition) is 7. The third kappa shape index (κ3) is 5.56.